The molecule has 14 heavy (non-hydrogen) atoms. The summed E-state index contributed by atoms with van der Waals surface area (Å²) in [5, 5.41) is 17.5. The number of alkyl halides is 3. The van der Waals surface area contributed by atoms with Crippen LogP contribution in [0.5, 0.6) is 0 Å². The van der Waals surface area contributed by atoms with E-state index in [-0.39, 0.29) is 0 Å². The first-order valence-electron chi connectivity index (χ1n) is 3.55. The van der Waals surface area contributed by atoms with E-state index in [1.807, 2.05) is 0 Å². The SMILES string of the molecule is OB(O)c1cc(I)ccc1C(F)(F)F. The molecule has 76 valence electrons. The molecule has 0 aromatic heterocycles. The summed E-state index contributed by atoms with van der Waals surface area (Å²) >= 11 is 1.79. The predicted molar refractivity (Wildman–Crippen MR) is 54.0 cm³/mol. The minimum Gasteiger partial charge on any atom is -0.423 e. The predicted octanol–water partition coefficient (Wildman–Crippen LogP) is 0.990. The van der Waals surface area contributed by atoms with Crippen LogP contribution in [-0.2, 0) is 6.18 Å². The topological polar surface area (TPSA) is 40.5 Å². The first kappa shape index (κ1) is 11.8. The summed E-state index contributed by atoms with van der Waals surface area (Å²) in [6, 6.07) is 3.18. The third kappa shape index (κ3) is 2.61. The van der Waals surface area contributed by atoms with Gasteiger partial charge in [-0.05, 0) is 46.3 Å². The van der Waals surface area contributed by atoms with Crippen molar-refractivity contribution in [3.63, 3.8) is 0 Å². The Kier molecular flexibility index (Phi) is 3.43. The van der Waals surface area contributed by atoms with Crippen LogP contribution < -0.4 is 5.46 Å². The number of halogens is 4. The van der Waals surface area contributed by atoms with Gasteiger partial charge in [-0.2, -0.15) is 13.2 Å². The zero-order valence-corrected chi connectivity index (χ0v) is 8.87. The zero-order valence-electron chi connectivity index (χ0n) is 6.72. The van der Waals surface area contributed by atoms with E-state index in [1.165, 1.54) is 6.07 Å². The van der Waals surface area contributed by atoms with Gasteiger partial charge in [0.15, 0.2) is 0 Å². The van der Waals surface area contributed by atoms with Gasteiger partial charge in [0.2, 0.25) is 0 Å². The lowest BCUT2D eigenvalue weighted by Crippen LogP contribution is -2.36. The third-order valence-electron chi connectivity index (χ3n) is 1.60. The number of hydrogen-bond donors (Lipinski definition) is 2. The van der Waals surface area contributed by atoms with Crippen molar-refractivity contribution in [3.05, 3.63) is 27.3 Å². The molecule has 1 aromatic rings. The van der Waals surface area contributed by atoms with Gasteiger partial charge in [0.05, 0.1) is 5.56 Å². The third-order valence-corrected chi connectivity index (χ3v) is 2.27. The maximum Gasteiger partial charge on any atom is 0.489 e. The summed E-state index contributed by atoms with van der Waals surface area (Å²) in [6.07, 6.45) is -4.57. The van der Waals surface area contributed by atoms with E-state index in [0.717, 1.165) is 12.1 Å². The van der Waals surface area contributed by atoms with Crippen LogP contribution in [0.4, 0.5) is 13.2 Å². The fourth-order valence-electron chi connectivity index (χ4n) is 1.01. The molecule has 0 spiro atoms. The fourth-order valence-corrected chi connectivity index (χ4v) is 1.52. The van der Waals surface area contributed by atoms with Crippen LogP contribution in [0.2, 0.25) is 0 Å². The van der Waals surface area contributed by atoms with Crippen molar-refractivity contribution < 1.29 is 23.2 Å². The van der Waals surface area contributed by atoms with Crippen molar-refractivity contribution >= 4 is 35.2 Å². The summed E-state index contributed by atoms with van der Waals surface area (Å²) in [7, 11) is -2.11. The average Bonchev–Trinajstić information content (AvgIpc) is 2.01. The molecule has 0 aliphatic heterocycles. The molecule has 0 aliphatic carbocycles. The quantitative estimate of drug-likeness (QED) is 0.599. The van der Waals surface area contributed by atoms with E-state index >= 15 is 0 Å². The van der Waals surface area contributed by atoms with Crippen LogP contribution in [0.15, 0.2) is 18.2 Å². The summed E-state index contributed by atoms with van der Waals surface area (Å²) in [5.74, 6) is 0. The second kappa shape index (κ2) is 4.07. The van der Waals surface area contributed by atoms with Crippen molar-refractivity contribution in [2.75, 3.05) is 0 Å². The molecule has 7 heteroatoms. The summed E-state index contributed by atoms with van der Waals surface area (Å²) in [6.45, 7) is 0. The second-order valence-corrected chi connectivity index (χ2v) is 3.85. The Bertz CT molecular complexity index is 340. The molecule has 1 aromatic carbocycles. The molecule has 0 bridgehead atoms. The van der Waals surface area contributed by atoms with Gasteiger partial charge in [-0.15, -0.1) is 0 Å². The zero-order chi connectivity index (χ0) is 10.9. The molecule has 2 nitrogen and oxygen atoms in total. The summed E-state index contributed by atoms with van der Waals surface area (Å²) < 4.78 is 37.5. The van der Waals surface area contributed by atoms with Gasteiger partial charge >= 0.3 is 13.3 Å². The Hall–Kier alpha value is -0.275. The molecule has 0 unspecified atom stereocenters. The molecule has 0 heterocycles. The molecule has 0 radical (unpaired) electrons. The summed E-state index contributed by atoms with van der Waals surface area (Å²) in [4.78, 5) is 0. The van der Waals surface area contributed by atoms with Crippen LogP contribution in [0.1, 0.15) is 5.56 Å². The van der Waals surface area contributed by atoms with Crippen LogP contribution in [0, 0.1) is 3.57 Å². The normalized spacial score (nSPS) is 11.6. The Morgan fingerprint density at radius 3 is 2.21 bits per heavy atom. The van der Waals surface area contributed by atoms with Gasteiger partial charge in [0.1, 0.15) is 0 Å². The van der Waals surface area contributed by atoms with Crippen molar-refractivity contribution in [1.29, 1.82) is 0 Å². The summed E-state index contributed by atoms with van der Waals surface area (Å²) in [5.41, 5.74) is -1.54. The highest BCUT2D eigenvalue weighted by atomic mass is 127. The molecular formula is C7H5BF3IO2. The van der Waals surface area contributed by atoms with E-state index in [4.69, 9.17) is 10.0 Å². The lowest BCUT2D eigenvalue weighted by molar-refractivity contribution is -0.136. The number of hydrogen-bond acceptors (Lipinski definition) is 2. The smallest absolute Gasteiger partial charge is 0.423 e. The molecule has 0 aliphatic rings. The van der Waals surface area contributed by atoms with Gasteiger partial charge in [-0.1, -0.05) is 0 Å². The van der Waals surface area contributed by atoms with Crippen molar-refractivity contribution in [1.82, 2.24) is 0 Å². The second-order valence-electron chi connectivity index (χ2n) is 2.60. The highest BCUT2D eigenvalue weighted by Gasteiger charge is 2.36. The number of rotatable bonds is 1. The van der Waals surface area contributed by atoms with Gasteiger partial charge in [0.25, 0.3) is 0 Å². The molecule has 0 saturated heterocycles. The molecule has 1 rings (SSSR count). The van der Waals surface area contributed by atoms with Gasteiger partial charge in [0, 0.05) is 3.57 Å². The molecule has 0 amide bonds. The first-order chi connectivity index (χ1) is 6.32. The Labute approximate surface area is 92.0 Å². The van der Waals surface area contributed by atoms with Crippen LogP contribution in [-0.4, -0.2) is 17.2 Å². The van der Waals surface area contributed by atoms with Crippen LogP contribution in [0.25, 0.3) is 0 Å². The van der Waals surface area contributed by atoms with E-state index in [9.17, 15) is 13.2 Å². The maximum absolute atomic E-state index is 12.3. The molecular weight excluding hydrogens is 311 g/mol. The Morgan fingerprint density at radius 2 is 1.79 bits per heavy atom. The van der Waals surface area contributed by atoms with E-state index in [0.29, 0.717) is 3.57 Å². The first-order valence-corrected chi connectivity index (χ1v) is 4.63. The van der Waals surface area contributed by atoms with Crippen molar-refractivity contribution in [2.24, 2.45) is 0 Å². The lowest BCUT2D eigenvalue weighted by atomic mass is 9.77. The van der Waals surface area contributed by atoms with Gasteiger partial charge < -0.3 is 10.0 Å². The minimum atomic E-state index is -4.57. The standard InChI is InChI=1S/C7H5BF3IO2/c9-7(10,11)5-2-1-4(12)3-6(5)8(13)14/h1-3,13-14H. The largest absolute Gasteiger partial charge is 0.489 e. The molecule has 0 fully saturated rings. The number of benzene rings is 1. The van der Waals surface area contributed by atoms with Crippen molar-refractivity contribution in [3.8, 4) is 0 Å². The fraction of sp³-hybridized carbons (Fsp3) is 0.143. The lowest BCUT2D eigenvalue weighted by Gasteiger charge is -2.12. The Morgan fingerprint density at radius 1 is 1.21 bits per heavy atom. The van der Waals surface area contributed by atoms with E-state index in [2.05, 4.69) is 0 Å². The highest BCUT2D eigenvalue weighted by molar-refractivity contribution is 14.1. The maximum atomic E-state index is 12.3. The van der Waals surface area contributed by atoms with E-state index in [1.54, 1.807) is 22.6 Å². The molecule has 2 N–H and O–H groups in total. The van der Waals surface area contributed by atoms with Gasteiger partial charge in [-0.25, -0.2) is 0 Å². The van der Waals surface area contributed by atoms with Crippen molar-refractivity contribution in [2.45, 2.75) is 6.18 Å². The molecule has 0 saturated carbocycles. The van der Waals surface area contributed by atoms with Crippen LogP contribution in [0.3, 0.4) is 0 Å². The Balaban J connectivity index is 3.29. The average molecular weight is 316 g/mol. The van der Waals surface area contributed by atoms with E-state index < -0.39 is 24.3 Å². The highest BCUT2D eigenvalue weighted by Crippen LogP contribution is 2.28. The molecule has 0 atom stereocenters. The van der Waals surface area contributed by atoms with Crippen LogP contribution >= 0.6 is 22.6 Å². The van der Waals surface area contributed by atoms with Gasteiger partial charge in [-0.3, -0.25) is 0 Å². The minimum absolute atomic E-state index is 0.513. The monoisotopic (exact) mass is 316 g/mol.